The summed E-state index contributed by atoms with van der Waals surface area (Å²) in [6.07, 6.45) is 0.719. The van der Waals surface area contributed by atoms with Crippen LogP contribution in [0, 0.1) is 0 Å². The van der Waals surface area contributed by atoms with Crippen LogP contribution < -0.4 is 0 Å². The molecule has 0 spiro atoms. The van der Waals surface area contributed by atoms with Crippen molar-refractivity contribution < 1.29 is 9.90 Å². The van der Waals surface area contributed by atoms with Crippen LogP contribution in [0.4, 0.5) is 0 Å². The largest absolute Gasteiger partial charge is 0.508 e. The van der Waals surface area contributed by atoms with Gasteiger partial charge in [-0.05, 0) is 12.1 Å². The number of aromatic hydroxyl groups is 1. The van der Waals surface area contributed by atoms with E-state index in [0.717, 1.165) is 11.8 Å². The topological polar surface area (TPSA) is 50.2 Å². The smallest absolute Gasteiger partial charge is 0.178 e. The number of carbonyl (C=O) groups excluding carboxylic acids is 1. The van der Waals surface area contributed by atoms with Crippen molar-refractivity contribution in [2.24, 2.45) is 0 Å². The minimum absolute atomic E-state index is 0.197. The maximum Gasteiger partial charge on any atom is 0.178 e. The highest BCUT2D eigenvalue weighted by Gasteiger charge is 2.03. The van der Waals surface area contributed by atoms with E-state index in [-0.39, 0.29) is 5.75 Å². The van der Waals surface area contributed by atoms with Crippen LogP contribution in [0.2, 0.25) is 0 Å². The normalized spacial score (nSPS) is 10.0. The van der Waals surface area contributed by atoms with Crippen LogP contribution in [0.3, 0.4) is 0 Å². The third-order valence-electron chi connectivity index (χ3n) is 1.76. The molecule has 0 aliphatic heterocycles. The lowest BCUT2D eigenvalue weighted by Crippen LogP contribution is -1.79. The van der Waals surface area contributed by atoms with Crippen molar-refractivity contribution >= 4 is 17.6 Å². The second-order valence-electron chi connectivity index (χ2n) is 2.74. The summed E-state index contributed by atoms with van der Waals surface area (Å²) < 4.78 is 0. The number of nitrogens with zero attached hydrogens (tertiary/aromatic N) is 1. The van der Waals surface area contributed by atoms with Crippen LogP contribution in [0.25, 0.3) is 11.3 Å². The number of carbonyl (C=O) groups is 1. The summed E-state index contributed by atoms with van der Waals surface area (Å²) in [7, 11) is 0. The molecule has 1 aromatic carbocycles. The summed E-state index contributed by atoms with van der Waals surface area (Å²) in [5.41, 5.74) is 1.53. The third-order valence-corrected chi connectivity index (χ3v) is 2.53. The molecular formula is C10H7NO2S. The minimum Gasteiger partial charge on any atom is -0.508 e. The minimum atomic E-state index is 0.197. The lowest BCUT2D eigenvalue weighted by atomic mass is 10.2. The van der Waals surface area contributed by atoms with Crippen LogP contribution in [0.1, 0.15) is 9.80 Å². The van der Waals surface area contributed by atoms with Crippen molar-refractivity contribution in [1.82, 2.24) is 4.98 Å². The Kier molecular flexibility index (Phi) is 2.28. The van der Waals surface area contributed by atoms with Gasteiger partial charge in [-0.15, -0.1) is 11.3 Å². The first-order valence-electron chi connectivity index (χ1n) is 4.00. The maximum absolute atomic E-state index is 10.4. The van der Waals surface area contributed by atoms with Crippen molar-refractivity contribution in [3.8, 4) is 17.0 Å². The third kappa shape index (κ3) is 1.65. The summed E-state index contributed by atoms with van der Waals surface area (Å²) in [5.74, 6) is 0.197. The van der Waals surface area contributed by atoms with E-state index in [1.54, 1.807) is 23.6 Å². The van der Waals surface area contributed by atoms with E-state index < -0.39 is 0 Å². The first-order valence-corrected chi connectivity index (χ1v) is 4.87. The van der Waals surface area contributed by atoms with Gasteiger partial charge in [0.2, 0.25) is 0 Å². The second kappa shape index (κ2) is 3.59. The quantitative estimate of drug-likeness (QED) is 0.765. The number of benzene rings is 1. The summed E-state index contributed by atoms with van der Waals surface area (Å²) >= 11 is 1.29. The molecule has 70 valence electrons. The molecule has 0 saturated heterocycles. The molecule has 0 aliphatic carbocycles. The summed E-state index contributed by atoms with van der Waals surface area (Å²) in [6.45, 7) is 0. The van der Waals surface area contributed by atoms with E-state index in [4.69, 9.17) is 0 Å². The zero-order chi connectivity index (χ0) is 9.97. The SMILES string of the molecule is O=Cc1nc(-c2cccc(O)c2)cs1. The lowest BCUT2D eigenvalue weighted by molar-refractivity contribution is 0.112. The molecule has 2 aromatic rings. The van der Waals surface area contributed by atoms with Crippen molar-refractivity contribution in [2.45, 2.75) is 0 Å². The first kappa shape index (κ1) is 8.90. The molecule has 0 atom stereocenters. The zero-order valence-corrected chi connectivity index (χ0v) is 7.99. The van der Waals surface area contributed by atoms with Crippen LogP contribution >= 0.6 is 11.3 Å². The number of aldehydes is 1. The van der Waals surface area contributed by atoms with E-state index in [0.29, 0.717) is 10.7 Å². The fourth-order valence-corrected chi connectivity index (χ4v) is 1.77. The molecule has 0 saturated carbocycles. The van der Waals surface area contributed by atoms with Gasteiger partial charge in [-0.1, -0.05) is 12.1 Å². The fraction of sp³-hybridized carbons (Fsp3) is 0. The highest BCUT2D eigenvalue weighted by atomic mass is 32.1. The Morgan fingerprint density at radius 1 is 1.43 bits per heavy atom. The molecule has 14 heavy (non-hydrogen) atoms. The highest BCUT2D eigenvalue weighted by Crippen LogP contribution is 2.23. The Morgan fingerprint density at radius 3 is 2.93 bits per heavy atom. The molecule has 0 radical (unpaired) electrons. The number of phenols is 1. The number of aromatic nitrogens is 1. The van der Waals surface area contributed by atoms with Gasteiger partial charge in [0, 0.05) is 10.9 Å². The average Bonchev–Trinajstić information content (AvgIpc) is 2.66. The number of thiazole rings is 1. The zero-order valence-electron chi connectivity index (χ0n) is 7.18. The monoisotopic (exact) mass is 205 g/mol. The van der Waals surface area contributed by atoms with Crippen molar-refractivity contribution in [3.63, 3.8) is 0 Å². The van der Waals surface area contributed by atoms with Crippen LogP contribution in [-0.4, -0.2) is 16.4 Å². The second-order valence-corrected chi connectivity index (χ2v) is 3.63. The van der Waals surface area contributed by atoms with E-state index in [2.05, 4.69) is 4.98 Å². The van der Waals surface area contributed by atoms with Crippen molar-refractivity contribution in [1.29, 1.82) is 0 Å². The summed E-state index contributed by atoms with van der Waals surface area (Å²) in [5, 5.41) is 11.5. The lowest BCUT2D eigenvalue weighted by Gasteiger charge is -1.96. The predicted octanol–water partition coefficient (Wildman–Crippen LogP) is 2.33. The molecule has 3 nitrogen and oxygen atoms in total. The summed E-state index contributed by atoms with van der Waals surface area (Å²) in [4.78, 5) is 14.5. The number of hydrogen-bond acceptors (Lipinski definition) is 4. The van der Waals surface area contributed by atoms with Crippen molar-refractivity contribution in [3.05, 3.63) is 34.7 Å². The fourth-order valence-electron chi connectivity index (χ4n) is 1.14. The molecule has 1 N–H and O–H groups in total. The molecule has 0 unspecified atom stereocenters. The Balaban J connectivity index is 2.43. The predicted molar refractivity (Wildman–Crippen MR) is 54.6 cm³/mol. The molecular weight excluding hydrogens is 198 g/mol. The van der Waals surface area contributed by atoms with Gasteiger partial charge in [-0.2, -0.15) is 0 Å². The van der Waals surface area contributed by atoms with Crippen LogP contribution in [-0.2, 0) is 0 Å². The van der Waals surface area contributed by atoms with Gasteiger partial charge in [-0.25, -0.2) is 4.98 Å². The van der Waals surface area contributed by atoms with Gasteiger partial charge >= 0.3 is 0 Å². The first-order chi connectivity index (χ1) is 6.79. The Hall–Kier alpha value is -1.68. The molecule has 0 amide bonds. The van der Waals surface area contributed by atoms with Gasteiger partial charge in [0.05, 0.1) is 5.69 Å². The van der Waals surface area contributed by atoms with Gasteiger partial charge in [-0.3, -0.25) is 4.79 Å². The van der Waals surface area contributed by atoms with E-state index in [1.807, 2.05) is 6.07 Å². The standard InChI is InChI=1S/C10H7NO2S/c12-5-10-11-9(6-14-10)7-2-1-3-8(13)4-7/h1-6,13H. The van der Waals surface area contributed by atoms with E-state index >= 15 is 0 Å². The Labute approximate surface area is 84.7 Å². The number of phenolic OH excluding ortho intramolecular Hbond substituents is 1. The molecule has 0 bridgehead atoms. The molecule has 1 aromatic heterocycles. The van der Waals surface area contributed by atoms with Gasteiger partial charge in [0.15, 0.2) is 11.3 Å². The average molecular weight is 205 g/mol. The van der Waals surface area contributed by atoms with Crippen molar-refractivity contribution in [2.75, 3.05) is 0 Å². The van der Waals surface area contributed by atoms with E-state index in [1.165, 1.54) is 11.3 Å². The number of hydrogen-bond donors (Lipinski definition) is 1. The molecule has 2 rings (SSSR count). The molecule has 0 aliphatic rings. The van der Waals surface area contributed by atoms with Gasteiger partial charge in [0.25, 0.3) is 0 Å². The molecule has 1 heterocycles. The van der Waals surface area contributed by atoms with Gasteiger partial charge < -0.3 is 5.11 Å². The van der Waals surface area contributed by atoms with Crippen LogP contribution in [0.15, 0.2) is 29.6 Å². The Bertz CT molecular complexity index is 465. The Morgan fingerprint density at radius 2 is 2.29 bits per heavy atom. The highest BCUT2D eigenvalue weighted by molar-refractivity contribution is 7.11. The van der Waals surface area contributed by atoms with Crippen LogP contribution in [0.5, 0.6) is 5.75 Å². The number of rotatable bonds is 2. The van der Waals surface area contributed by atoms with E-state index in [9.17, 15) is 9.90 Å². The molecule has 4 heteroatoms. The summed E-state index contributed by atoms with van der Waals surface area (Å²) in [6, 6.07) is 6.79. The maximum atomic E-state index is 10.4. The molecule has 0 fully saturated rings. The van der Waals surface area contributed by atoms with Gasteiger partial charge in [0.1, 0.15) is 5.75 Å².